The van der Waals surface area contributed by atoms with Crippen LogP contribution < -0.4 is 0 Å². The molecule has 0 aromatic carbocycles. The van der Waals surface area contributed by atoms with Crippen LogP contribution >= 0.6 is 0 Å². The molecule has 14 N–H and O–H groups in total. The van der Waals surface area contributed by atoms with Crippen molar-refractivity contribution in [1.82, 2.24) is 0 Å². The SMILES string of the molecule is OC[C@H]1O[C@H](O[C@H]2[C@H](O)[C@@H](O)[C@H](OCC(COCCCCC3CCCCC3)(COCCCCC3CCCCC3)CO[C@@H]3O[C@H](CO)[C@@H](O[C@H]4O[C@H](CO)[C@@H](O)[C@H](O)[C@H]4O)[C@H](O)[C@H]3O)O[C@@H]2CO)[C@H](O)[C@@H](O)[C@@H]1O. The summed E-state index contributed by atoms with van der Waals surface area (Å²) in [4.78, 5) is 0. The number of hydrogen-bond acceptors (Lipinski definition) is 24. The lowest BCUT2D eigenvalue weighted by Gasteiger charge is -2.47. The third-order valence-corrected chi connectivity index (χ3v) is 15.6. The van der Waals surface area contributed by atoms with E-state index in [0.29, 0.717) is 25.0 Å². The molecule has 0 amide bonds. The molecular formula is C49H88O24. The number of unbranched alkanes of at least 4 members (excludes halogenated alkanes) is 2. The molecule has 4 saturated heterocycles. The van der Waals surface area contributed by atoms with Gasteiger partial charge in [-0.25, -0.2) is 0 Å². The van der Waals surface area contributed by atoms with Crippen LogP contribution in [0.4, 0.5) is 0 Å². The summed E-state index contributed by atoms with van der Waals surface area (Å²) in [6, 6.07) is 0. The monoisotopic (exact) mass is 1060 g/mol. The van der Waals surface area contributed by atoms with Crippen molar-refractivity contribution in [2.75, 3.05) is 66.1 Å². The summed E-state index contributed by atoms with van der Waals surface area (Å²) in [5.41, 5.74) is -1.31. The quantitative estimate of drug-likeness (QED) is 0.0343. The summed E-state index contributed by atoms with van der Waals surface area (Å²) in [6.07, 6.45) is -16.0. The molecule has 24 nitrogen and oxygen atoms in total. The van der Waals surface area contributed by atoms with E-state index in [2.05, 4.69) is 0 Å². The lowest BCUT2D eigenvalue weighted by atomic mass is 9.86. The van der Waals surface area contributed by atoms with Gasteiger partial charge < -0.3 is 119 Å². The average Bonchev–Trinajstić information content (AvgIpc) is 3.40. The fraction of sp³-hybridized carbons (Fsp3) is 1.00. The van der Waals surface area contributed by atoms with E-state index in [4.69, 9.17) is 47.4 Å². The van der Waals surface area contributed by atoms with Gasteiger partial charge >= 0.3 is 0 Å². The van der Waals surface area contributed by atoms with Crippen LogP contribution in [0.15, 0.2) is 0 Å². The summed E-state index contributed by atoms with van der Waals surface area (Å²) in [5.74, 6) is 1.34. The fourth-order valence-corrected chi connectivity index (χ4v) is 11.0. The van der Waals surface area contributed by atoms with Crippen LogP contribution in [-0.4, -0.2) is 260 Å². The second-order valence-electron chi connectivity index (χ2n) is 21.2. The minimum atomic E-state index is -1.87. The van der Waals surface area contributed by atoms with E-state index in [0.717, 1.165) is 38.5 Å². The van der Waals surface area contributed by atoms with Gasteiger partial charge in [-0.05, 0) is 24.7 Å². The first-order chi connectivity index (χ1) is 35.1. The van der Waals surface area contributed by atoms with Crippen LogP contribution in [-0.2, 0) is 47.4 Å². The van der Waals surface area contributed by atoms with Gasteiger partial charge in [0.1, 0.15) is 97.7 Å². The average molecular weight is 1060 g/mol. The third-order valence-electron chi connectivity index (χ3n) is 15.6. The van der Waals surface area contributed by atoms with Gasteiger partial charge in [0.25, 0.3) is 0 Å². The van der Waals surface area contributed by atoms with E-state index >= 15 is 0 Å². The summed E-state index contributed by atoms with van der Waals surface area (Å²) >= 11 is 0. The zero-order valence-electron chi connectivity index (χ0n) is 41.9. The smallest absolute Gasteiger partial charge is 0.187 e. The highest BCUT2D eigenvalue weighted by Gasteiger charge is 2.53. The summed E-state index contributed by atoms with van der Waals surface area (Å²) in [7, 11) is 0. The second-order valence-corrected chi connectivity index (χ2v) is 21.2. The molecule has 0 aromatic heterocycles. The molecule has 428 valence electrons. The summed E-state index contributed by atoms with van der Waals surface area (Å²) < 4.78 is 59.5. The Bertz CT molecular complexity index is 1400. The van der Waals surface area contributed by atoms with E-state index < -0.39 is 155 Å². The highest BCUT2D eigenvalue weighted by Crippen LogP contribution is 2.35. The largest absolute Gasteiger partial charge is 0.394 e. The van der Waals surface area contributed by atoms with Crippen molar-refractivity contribution in [2.24, 2.45) is 17.3 Å². The molecule has 73 heavy (non-hydrogen) atoms. The van der Waals surface area contributed by atoms with Gasteiger partial charge in [-0.3, -0.25) is 0 Å². The molecule has 2 saturated carbocycles. The maximum Gasteiger partial charge on any atom is 0.187 e. The maximum atomic E-state index is 11.5. The first kappa shape index (κ1) is 61.3. The van der Waals surface area contributed by atoms with Crippen molar-refractivity contribution in [2.45, 2.75) is 226 Å². The zero-order valence-corrected chi connectivity index (χ0v) is 41.9. The van der Waals surface area contributed by atoms with Crippen LogP contribution in [0.1, 0.15) is 103 Å². The molecule has 6 aliphatic rings. The maximum absolute atomic E-state index is 11.5. The molecule has 6 rings (SSSR count). The molecule has 4 aliphatic heterocycles. The predicted octanol–water partition coefficient (Wildman–Crippen LogP) is -3.21. The molecule has 0 radical (unpaired) electrons. The molecule has 0 bridgehead atoms. The Morgan fingerprint density at radius 2 is 0.699 bits per heavy atom. The van der Waals surface area contributed by atoms with Crippen molar-refractivity contribution in [3.05, 3.63) is 0 Å². The van der Waals surface area contributed by atoms with Crippen LogP contribution in [0.2, 0.25) is 0 Å². The summed E-state index contributed by atoms with van der Waals surface area (Å²) in [5, 5.41) is 148. The standard InChI is InChI=1S/C49H88O24/c50-19-29-33(54)35(56)39(60)47(68-29)72-43-31(21-52)70-45(41(62)37(43)58)66-25-49(23-64-17-9-7-15-27-11-3-1-4-12-27,24-65-18-10-8-16-28-13-5-2-6-14-28)26-67-46-42(63)38(59)44(32(22-53)71-46)73-48-40(61)36(57)34(55)30(20-51)69-48/h27-48,50-63H,1-26H2/t29-,30-,31-,32-,33-,34-,35+,36+,37-,38-,39-,40-,41-,42-,43-,44-,45-,46-,47-,48-/m1/s1. The van der Waals surface area contributed by atoms with E-state index in [1.807, 2.05) is 0 Å². The normalized spacial score (nSPS) is 40.5. The predicted molar refractivity (Wildman–Crippen MR) is 250 cm³/mol. The third kappa shape index (κ3) is 16.5. The van der Waals surface area contributed by atoms with Crippen molar-refractivity contribution >= 4 is 0 Å². The number of hydrogen-bond donors (Lipinski definition) is 14. The topological polar surface area (TPSA) is 376 Å². The zero-order chi connectivity index (χ0) is 52.7. The minimum absolute atomic E-state index is 0.0895. The van der Waals surface area contributed by atoms with Crippen molar-refractivity contribution < 1.29 is 119 Å². The van der Waals surface area contributed by atoms with Crippen LogP contribution in [0.5, 0.6) is 0 Å². The van der Waals surface area contributed by atoms with Gasteiger partial charge in [0.2, 0.25) is 0 Å². The lowest BCUT2D eigenvalue weighted by Crippen LogP contribution is -2.65. The van der Waals surface area contributed by atoms with Crippen LogP contribution in [0, 0.1) is 17.3 Å². The van der Waals surface area contributed by atoms with Gasteiger partial charge in [0.15, 0.2) is 25.2 Å². The molecular weight excluding hydrogens is 973 g/mol. The fourth-order valence-electron chi connectivity index (χ4n) is 11.0. The van der Waals surface area contributed by atoms with E-state index in [1.165, 1.54) is 64.2 Å². The Balaban J connectivity index is 1.17. The van der Waals surface area contributed by atoms with Gasteiger partial charge in [0, 0.05) is 13.2 Å². The minimum Gasteiger partial charge on any atom is -0.394 e. The summed E-state index contributed by atoms with van der Waals surface area (Å²) in [6.45, 7) is -3.38. The molecule has 24 heteroatoms. The van der Waals surface area contributed by atoms with E-state index in [-0.39, 0.29) is 26.4 Å². The molecule has 6 fully saturated rings. The molecule has 0 spiro atoms. The Morgan fingerprint density at radius 3 is 1.05 bits per heavy atom. The lowest BCUT2D eigenvalue weighted by molar-refractivity contribution is -0.366. The van der Waals surface area contributed by atoms with E-state index in [1.54, 1.807) is 0 Å². The Hall–Kier alpha value is -0.960. The van der Waals surface area contributed by atoms with E-state index in [9.17, 15) is 71.5 Å². The first-order valence-corrected chi connectivity index (χ1v) is 26.7. The van der Waals surface area contributed by atoms with Crippen molar-refractivity contribution in [3.8, 4) is 0 Å². The van der Waals surface area contributed by atoms with Gasteiger partial charge in [0.05, 0.1) is 58.3 Å². The Labute approximate surface area is 426 Å². The molecule has 20 atom stereocenters. The molecule has 0 unspecified atom stereocenters. The number of aliphatic hydroxyl groups is 14. The molecule has 0 aromatic rings. The Morgan fingerprint density at radius 1 is 0.356 bits per heavy atom. The van der Waals surface area contributed by atoms with Gasteiger partial charge in [-0.2, -0.15) is 0 Å². The van der Waals surface area contributed by atoms with Crippen molar-refractivity contribution in [3.63, 3.8) is 0 Å². The number of aliphatic hydroxyl groups excluding tert-OH is 14. The second kappa shape index (κ2) is 30.4. The van der Waals surface area contributed by atoms with Crippen molar-refractivity contribution in [1.29, 1.82) is 0 Å². The van der Waals surface area contributed by atoms with Crippen LogP contribution in [0.3, 0.4) is 0 Å². The van der Waals surface area contributed by atoms with Gasteiger partial charge in [-0.1, -0.05) is 89.9 Å². The van der Waals surface area contributed by atoms with Gasteiger partial charge in [-0.15, -0.1) is 0 Å². The number of ether oxygens (including phenoxy) is 10. The molecule has 4 heterocycles. The molecule has 2 aliphatic carbocycles. The van der Waals surface area contributed by atoms with Crippen LogP contribution in [0.25, 0.3) is 0 Å². The number of rotatable bonds is 28. The highest BCUT2D eigenvalue weighted by atomic mass is 16.8. The Kier molecular flexibility index (Phi) is 25.5. The first-order valence-electron chi connectivity index (χ1n) is 26.7. The highest BCUT2D eigenvalue weighted by molar-refractivity contribution is 4.97.